The maximum atomic E-state index is 11.2. The minimum atomic E-state index is -0.305. The Hall–Kier alpha value is -2.89. The molecule has 2 unspecified atom stereocenters. The van der Waals surface area contributed by atoms with Crippen LogP contribution in [0, 0.1) is 10.1 Å². The van der Waals surface area contributed by atoms with E-state index in [0.717, 1.165) is 43.9 Å². The Morgan fingerprint density at radius 1 is 1.08 bits per heavy atom. The van der Waals surface area contributed by atoms with Gasteiger partial charge in [0.25, 0.3) is 5.69 Å². The zero-order valence-corrected chi connectivity index (χ0v) is 14.4. The number of amidine groups is 1. The maximum Gasteiger partial charge on any atom is 0.269 e. The summed E-state index contributed by atoms with van der Waals surface area (Å²) < 4.78 is 0. The van der Waals surface area contributed by atoms with E-state index in [2.05, 4.69) is 34.1 Å². The molecule has 26 heavy (non-hydrogen) atoms. The van der Waals surface area contributed by atoms with E-state index < -0.39 is 0 Å². The smallest absolute Gasteiger partial charge is 0.269 e. The van der Waals surface area contributed by atoms with Crippen LogP contribution in [-0.2, 0) is 0 Å². The summed E-state index contributed by atoms with van der Waals surface area (Å²) >= 11 is 0. The summed E-state index contributed by atoms with van der Waals surface area (Å²) in [5.74, 6) is 1.33. The predicted molar refractivity (Wildman–Crippen MR) is 101 cm³/mol. The molecule has 2 atom stereocenters. The fourth-order valence-corrected chi connectivity index (χ4v) is 4.67. The van der Waals surface area contributed by atoms with Gasteiger partial charge in [0, 0.05) is 48.9 Å². The van der Waals surface area contributed by atoms with Crippen LogP contribution in [0.5, 0.6) is 0 Å². The van der Waals surface area contributed by atoms with E-state index in [-0.39, 0.29) is 22.7 Å². The van der Waals surface area contributed by atoms with Crippen LogP contribution in [-0.4, -0.2) is 41.5 Å². The van der Waals surface area contributed by atoms with Crippen molar-refractivity contribution in [1.29, 1.82) is 0 Å². The van der Waals surface area contributed by atoms with Crippen molar-refractivity contribution in [1.82, 2.24) is 4.90 Å². The second-order valence-corrected chi connectivity index (χ2v) is 7.12. The van der Waals surface area contributed by atoms with Crippen LogP contribution in [0.15, 0.2) is 53.5 Å². The van der Waals surface area contributed by atoms with Gasteiger partial charge in [-0.2, -0.15) is 0 Å². The van der Waals surface area contributed by atoms with Gasteiger partial charge in [0.05, 0.1) is 4.92 Å². The van der Waals surface area contributed by atoms with Crippen molar-refractivity contribution >= 4 is 17.2 Å². The lowest BCUT2D eigenvalue weighted by Gasteiger charge is -2.47. The third-order valence-electron chi connectivity index (χ3n) is 5.73. The van der Waals surface area contributed by atoms with Crippen LogP contribution in [0.4, 0.5) is 11.4 Å². The van der Waals surface area contributed by atoms with E-state index in [1.165, 1.54) is 11.3 Å². The van der Waals surface area contributed by atoms with Crippen molar-refractivity contribution in [2.75, 3.05) is 24.5 Å². The van der Waals surface area contributed by atoms with Crippen molar-refractivity contribution in [2.45, 2.75) is 24.9 Å². The summed E-state index contributed by atoms with van der Waals surface area (Å²) in [4.78, 5) is 20.6. The Morgan fingerprint density at radius 3 is 2.85 bits per heavy atom. The highest BCUT2D eigenvalue weighted by atomic mass is 16.6. The molecule has 2 aromatic carbocycles. The Kier molecular flexibility index (Phi) is 3.45. The molecule has 0 amide bonds. The molecule has 1 fully saturated rings. The molecule has 6 nitrogen and oxygen atoms in total. The first kappa shape index (κ1) is 15.4. The molecular weight excluding hydrogens is 328 g/mol. The second-order valence-electron chi connectivity index (χ2n) is 7.12. The maximum absolute atomic E-state index is 11.2. The van der Waals surface area contributed by atoms with E-state index in [9.17, 15) is 10.1 Å². The number of fused-ring (bicyclic) bond motifs is 6. The largest absolute Gasteiger partial charge is 0.350 e. The standard InChI is InChI=1S/C20H20N4O2/c25-24(26)15-6-3-5-14(13-15)16-9-12-22-18-8-2-1-7-17(18)19-21-10-4-11-23(19)20(16)22/h1-3,5-8,13,16,20H,4,9-12H2. The van der Waals surface area contributed by atoms with Crippen molar-refractivity contribution in [3.8, 4) is 0 Å². The molecule has 0 aromatic heterocycles. The number of nitro benzene ring substituents is 1. The second kappa shape index (κ2) is 5.83. The van der Waals surface area contributed by atoms with Gasteiger partial charge in [-0.15, -0.1) is 0 Å². The van der Waals surface area contributed by atoms with Gasteiger partial charge in [-0.05, 0) is 30.5 Å². The fraction of sp³-hybridized carbons (Fsp3) is 0.350. The molecule has 0 aliphatic carbocycles. The Morgan fingerprint density at radius 2 is 1.96 bits per heavy atom. The van der Waals surface area contributed by atoms with E-state index in [0.29, 0.717) is 0 Å². The minimum absolute atomic E-state index is 0.171. The molecule has 132 valence electrons. The lowest BCUT2D eigenvalue weighted by atomic mass is 9.92. The van der Waals surface area contributed by atoms with Crippen LogP contribution >= 0.6 is 0 Å². The minimum Gasteiger partial charge on any atom is -0.350 e. The molecule has 3 heterocycles. The number of hydrogen-bond donors (Lipinski definition) is 0. The third kappa shape index (κ3) is 2.21. The average Bonchev–Trinajstić information content (AvgIpc) is 3.14. The number of non-ortho nitro benzene ring substituents is 1. The van der Waals surface area contributed by atoms with Gasteiger partial charge in [-0.25, -0.2) is 0 Å². The Labute approximate surface area is 151 Å². The van der Waals surface area contributed by atoms with Gasteiger partial charge < -0.3 is 9.80 Å². The van der Waals surface area contributed by atoms with Crippen LogP contribution in [0.25, 0.3) is 0 Å². The molecule has 2 aromatic rings. The Bertz CT molecular complexity index is 910. The van der Waals surface area contributed by atoms with Crippen molar-refractivity contribution in [2.24, 2.45) is 4.99 Å². The van der Waals surface area contributed by atoms with Gasteiger partial charge in [0.2, 0.25) is 0 Å². The summed E-state index contributed by atoms with van der Waals surface area (Å²) in [5, 5.41) is 11.2. The first-order valence-electron chi connectivity index (χ1n) is 9.15. The first-order valence-corrected chi connectivity index (χ1v) is 9.15. The summed E-state index contributed by atoms with van der Waals surface area (Å²) in [6, 6.07) is 15.6. The van der Waals surface area contributed by atoms with Gasteiger partial charge >= 0.3 is 0 Å². The molecular formula is C20H20N4O2. The van der Waals surface area contributed by atoms with Crippen molar-refractivity contribution in [3.63, 3.8) is 0 Å². The molecule has 0 saturated carbocycles. The number of para-hydroxylation sites is 1. The van der Waals surface area contributed by atoms with Crippen molar-refractivity contribution < 1.29 is 4.92 Å². The van der Waals surface area contributed by atoms with Crippen LogP contribution in [0.3, 0.4) is 0 Å². The summed E-state index contributed by atoms with van der Waals surface area (Å²) in [7, 11) is 0. The fourth-order valence-electron chi connectivity index (χ4n) is 4.67. The highest BCUT2D eigenvalue weighted by molar-refractivity contribution is 6.06. The van der Waals surface area contributed by atoms with Crippen molar-refractivity contribution in [3.05, 3.63) is 69.8 Å². The quantitative estimate of drug-likeness (QED) is 0.616. The number of hydrogen-bond acceptors (Lipinski definition) is 5. The molecule has 6 heteroatoms. The average molecular weight is 348 g/mol. The molecule has 3 aliphatic heterocycles. The number of nitrogens with zero attached hydrogens (tertiary/aromatic N) is 4. The van der Waals surface area contributed by atoms with Gasteiger partial charge in [0.15, 0.2) is 0 Å². The van der Waals surface area contributed by atoms with Gasteiger partial charge in [-0.3, -0.25) is 15.1 Å². The highest BCUT2D eigenvalue weighted by Gasteiger charge is 2.45. The van der Waals surface area contributed by atoms with Crippen LogP contribution in [0.2, 0.25) is 0 Å². The van der Waals surface area contributed by atoms with E-state index in [4.69, 9.17) is 4.99 Å². The number of nitro groups is 1. The Balaban J connectivity index is 1.61. The predicted octanol–water partition coefficient (Wildman–Crippen LogP) is 3.38. The zero-order valence-electron chi connectivity index (χ0n) is 14.4. The lowest BCUT2D eigenvalue weighted by Crippen LogP contribution is -2.56. The molecule has 0 spiro atoms. The first-order chi connectivity index (χ1) is 12.7. The number of anilines is 1. The van der Waals surface area contributed by atoms with E-state index in [1.54, 1.807) is 18.2 Å². The summed E-state index contributed by atoms with van der Waals surface area (Å²) in [6.45, 7) is 2.81. The topological polar surface area (TPSA) is 62.0 Å². The van der Waals surface area contributed by atoms with Gasteiger partial charge in [0.1, 0.15) is 12.0 Å². The number of benzene rings is 2. The molecule has 0 radical (unpaired) electrons. The summed E-state index contributed by atoms with van der Waals surface area (Å²) in [5.41, 5.74) is 3.67. The third-order valence-corrected chi connectivity index (χ3v) is 5.73. The molecule has 0 N–H and O–H groups in total. The monoisotopic (exact) mass is 348 g/mol. The lowest BCUT2D eigenvalue weighted by molar-refractivity contribution is -0.384. The van der Waals surface area contributed by atoms with E-state index in [1.807, 2.05) is 6.07 Å². The molecule has 3 aliphatic rings. The van der Waals surface area contributed by atoms with E-state index >= 15 is 0 Å². The van der Waals surface area contributed by atoms with Gasteiger partial charge in [-0.1, -0.05) is 24.3 Å². The summed E-state index contributed by atoms with van der Waals surface area (Å²) in [6.07, 6.45) is 2.23. The number of aliphatic imine (C=N–C) groups is 1. The SMILES string of the molecule is O=[N+]([O-])c1cccc(C2CCN3c4ccccc4C4=NCCCN4C23)c1. The zero-order chi connectivity index (χ0) is 17.7. The highest BCUT2D eigenvalue weighted by Crippen LogP contribution is 2.44. The van der Waals surface area contributed by atoms with Crippen LogP contribution < -0.4 is 4.90 Å². The van der Waals surface area contributed by atoms with Crippen LogP contribution in [0.1, 0.15) is 29.9 Å². The molecule has 5 rings (SSSR count). The molecule has 1 saturated heterocycles. The normalized spacial score (nSPS) is 23.8. The molecule has 0 bridgehead atoms. The number of rotatable bonds is 2.